The van der Waals surface area contributed by atoms with Crippen LogP contribution in [0, 0.1) is 11.8 Å². The summed E-state index contributed by atoms with van der Waals surface area (Å²) in [6.07, 6.45) is 3.45. The van der Waals surface area contributed by atoms with Gasteiger partial charge in [-0.05, 0) is 37.6 Å². The fraction of sp³-hybridized carbons (Fsp3) is 0.846. The van der Waals surface area contributed by atoms with Crippen molar-refractivity contribution in [1.29, 1.82) is 0 Å². The van der Waals surface area contributed by atoms with Crippen LogP contribution in [0.1, 0.15) is 26.2 Å². The van der Waals surface area contributed by atoms with Crippen LogP contribution in [0.15, 0.2) is 0 Å². The molecular formula is C13H23N3O2. The number of amides is 2. The molecule has 1 saturated carbocycles. The largest absolute Gasteiger partial charge is 0.348 e. The molecule has 0 spiro atoms. The Hall–Kier alpha value is -1.10. The Morgan fingerprint density at radius 1 is 1.33 bits per heavy atom. The molecule has 1 atom stereocenters. The van der Waals surface area contributed by atoms with Crippen molar-refractivity contribution in [2.24, 2.45) is 11.8 Å². The first-order chi connectivity index (χ1) is 8.68. The third-order valence-electron chi connectivity index (χ3n) is 3.83. The summed E-state index contributed by atoms with van der Waals surface area (Å²) in [4.78, 5) is 25.4. The average molecular weight is 253 g/mol. The minimum atomic E-state index is -0.440. The van der Waals surface area contributed by atoms with Crippen molar-refractivity contribution < 1.29 is 9.59 Å². The molecule has 1 aliphatic carbocycles. The molecule has 2 aliphatic rings. The summed E-state index contributed by atoms with van der Waals surface area (Å²) in [5.74, 6) is 0.432. The van der Waals surface area contributed by atoms with Gasteiger partial charge in [-0.3, -0.25) is 9.59 Å². The van der Waals surface area contributed by atoms with E-state index in [-0.39, 0.29) is 5.91 Å². The van der Waals surface area contributed by atoms with Crippen molar-refractivity contribution in [3.63, 3.8) is 0 Å². The monoisotopic (exact) mass is 253 g/mol. The highest BCUT2D eigenvalue weighted by Gasteiger charge is 2.29. The zero-order valence-corrected chi connectivity index (χ0v) is 11.1. The van der Waals surface area contributed by atoms with Gasteiger partial charge in [0, 0.05) is 26.2 Å². The van der Waals surface area contributed by atoms with E-state index in [1.165, 1.54) is 12.8 Å². The van der Waals surface area contributed by atoms with Gasteiger partial charge in [-0.25, -0.2) is 0 Å². The molecule has 5 heteroatoms. The Bertz CT molecular complexity index is 307. The van der Waals surface area contributed by atoms with Crippen LogP contribution in [0.5, 0.6) is 0 Å². The highest BCUT2D eigenvalue weighted by Crippen LogP contribution is 2.35. The molecule has 2 amide bonds. The molecule has 1 aliphatic heterocycles. The molecule has 102 valence electrons. The topological polar surface area (TPSA) is 61.4 Å². The summed E-state index contributed by atoms with van der Waals surface area (Å²) in [5.41, 5.74) is 0. The molecule has 1 heterocycles. The second-order valence-electron chi connectivity index (χ2n) is 5.42. The third-order valence-corrected chi connectivity index (χ3v) is 3.83. The van der Waals surface area contributed by atoms with Crippen LogP contribution >= 0.6 is 0 Å². The Morgan fingerprint density at radius 3 is 2.83 bits per heavy atom. The van der Waals surface area contributed by atoms with Gasteiger partial charge in [-0.1, -0.05) is 6.92 Å². The van der Waals surface area contributed by atoms with Crippen molar-refractivity contribution in [2.75, 3.05) is 32.7 Å². The van der Waals surface area contributed by atoms with Gasteiger partial charge in [0.2, 0.25) is 0 Å². The van der Waals surface area contributed by atoms with Crippen LogP contribution in [-0.4, -0.2) is 49.4 Å². The maximum absolute atomic E-state index is 11.9. The molecule has 2 fully saturated rings. The van der Waals surface area contributed by atoms with Gasteiger partial charge < -0.3 is 15.5 Å². The molecule has 5 nitrogen and oxygen atoms in total. The Balaban J connectivity index is 1.74. The lowest BCUT2D eigenvalue weighted by Gasteiger charge is -2.19. The molecule has 0 radical (unpaired) electrons. The Morgan fingerprint density at radius 2 is 2.11 bits per heavy atom. The van der Waals surface area contributed by atoms with Gasteiger partial charge in [-0.15, -0.1) is 0 Å². The second-order valence-corrected chi connectivity index (χ2v) is 5.42. The zero-order valence-electron chi connectivity index (χ0n) is 11.1. The Labute approximate surface area is 108 Å². The molecule has 18 heavy (non-hydrogen) atoms. The molecule has 1 saturated heterocycles. The second kappa shape index (κ2) is 6.18. The molecule has 0 bridgehead atoms. The summed E-state index contributed by atoms with van der Waals surface area (Å²) in [5, 5.41) is 5.99. The van der Waals surface area contributed by atoms with E-state index in [2.05, 4.69) is 17.6 Å². The van der Waals surface area contributed by atoms with Crippen LogP contribution in [0.3, 0.4) is 0 Å². The fourth-order valence-corrected chi connectivity index (χ4v) is 2.35. The first-order valence-corrected chi connectivity index (χ1v) is 6.96. The molecule has 2 N–H and O–H groups in total. The average Bonchev–Trinajstić information content (AvgIpc) is 3.19. The number of hydrogen-bond donors (Lipinski definition) is 2. The molecular weight excluding hydrogens is 230 g/mol. The summed E-state index contributed by atoms with van der Waals surface area (Å²) in [6, 6.07) is 0. The van der Waals surface area contributed by atoms with Crippen LogP contribution in [0.4, 0.5) is 0 Å². The number of hydrogen-bond acceptors (Lipinski definition) is 3. The lowest BCUT2D eigenvalue weighted by atomic mass is 10.1. The highest BCUT2D eigenvalue weighted by molar-refractivity contribution is 6.35. The molecule has 0 aromatic rings. The number of carbonyl (C=O) groups is 2. The van der Waals surface area contributed by atoms with Gasteiger partial charge >= 0.3 is 11.8 Å². The predicted octanol–water partition coefficient (Wildman–Crippen LogP) is -0.0294. The first kappa shape index (κ1) is 13.3. The van der Waals surface area contributed by atoms with Crippen LogP contribution < -0.4 is 10.6 Å². The van der Waals surface area contributed by atoms with Gasteiger partial charge in [0.05, 0.1) is 0 Å². The van der Waals surface area contributed by atoms with E-state index in [1.807, 2.05) is 0 Å². The Kier molecular flexibility index (Phi) is 4.58. The van der Waals surface area contributed by atoms with E-state index in [0.29, 0.717) is 25.6 Å². The van der Waals surface area contributed by atoms with E-state index >= 15 is 0 Å². The van der Waals surface area contributed by atoms with Crippen molar-refractivity contribution in [2.45, 2.75) is 26.2 Å². The maximum atomic E-state index is 11.9. The molecule has 2 rings (SSSR count). The first-order valence-electron chi connectivity index (χ1n) is 6.96. The van der Waals surface area contributed by atoms with E-state index in [9.17, 15) is 9.59 Å². The highest BCUT2D eigenvalue weighted by atomic mass is 16.2. The van der Waals surface area contributed by atoms with E-state index in [4.69, 9.17) is 0 Å². The normalized spacial score (nSPS) is 22.2. The van der Waals surface area contributed by atoms with Crippen LogP contribution in [-0.2, 0) is 9.59 Å². The van der Waals surface area contributed by atoms with E-state index < -0.39 is 5.91 Å². The minimum absolute atomic E-state index is 0.373. The SMILES string of the molecule is CC(CNC(=O)C(=O)N1CCCNCC1)C1CC1. The molecule has 0 aromatic carbocycles. The quantitative estimate of drug-likeness (QED) is 0.694. The molecule has 0 aromatic heterocycles. The maximum Gasteiger partial charge on any atom is 0.311 e. The summed E-state index contributed by atoms with van der Waals surface area (Å²) >= 11 is 0. The van der Waals surface area contributed by atoms with E-state index in [1.54, 1.807) is 4.90 Å². The predicted molar refractivity (Wildman–Crippen MR) is 69.0 cm³/mol. The number of carbonyl (C=O) groups excluding carboxylic acids is 2. The van der Waals surface area contributed by atoms with Gasteiger partial charge in [0.25, 0.3) is 0 Å². The molecule has 1 unspecified atom stereocenters. The number of nitrogens with one attached hydrogen (secondary N) is 2. The van der Waals surface area contributed by atoms with Crippen LogP contribution in [0.2, 0.25) is 0 Å². The smallest absolute Gasteiger partial charge is 0.311 e. The van der Waals surface area contributed by atoms with Crippen molar-refractivity contribution in [3.8, 4) is 0 Å². The summed E-state index contributed by atoms with van der Waals surface area (Å²) < 4.78 is 0. The third kappa shape index (κ3) is 3.70. The van der Waals surface area contributed by atoms with Gasteiger partial charge in [0.1, 0.15) is 0 Å². The van der Waals surface area contributed by atoms with Crippen LogP contribution in [0.25, 0.3) is 0 Å². The summed E-state index contributed by atoms with van der Waals surface area (Å²) in [6.45, 7) is 5.77. The lowest BCUT2D eigenvalue weighted by Crippen LogP contribution is -2.45. The van der Waals surface area contributed by atoms with Crippen molar-refractivity contribution in [3.05, 3.63) is 0 Å². The standard InChI is InChI=1S/C13H23N3O2/c1-10(11-3-4-11)9-15-12(17)13(18)16-7-2-5-14-6-8-16/h10-11,14H,2-9H2,1H3,(H,15,17). The van der Waals surface area contributed by atoms with Gasteiger partial charge in [-0.2, -0.15) is 0 Å². The van der Waals surface area contributed by atoms with Crippen molar-refractivity contribution >= 4 is 11.8 Å². The number of rotatable bonds is 3. The number of nitrogens with zero attached hydrogens (tertiary/aromatic N) is 1. The zero-order chi connectivity index (χ0) is 13.0. The fourth-order valence-electron chi connectivity index (χ4n) is 2.35. The minimum Gasteiger partial charge on any atom is -0.348 e. The van der Waals surface area contributed by atoms with E-state index in [0.717, 1.165) is 25.4 Å². The summed E-state index contributed by atoms with van der Waals surface area (Å²) in [7, 11) is 0. The van der Waals surface area contributed by atoms with Crippen molar-refractivity contribution in [1.82, 2.24) is 15.5 Å². The van der Waals surface area contributed by atoms with Gasteiger partial charge in [0.15, 0.2) is 0 Å². The lowest BCUT2D eigenvalue weighted by molar-refractivity contribution is -0.145.